The molecule has 1 fully saturated rings. The number of halogens is 1. The van der Waals surface area contributed by atoms with E-state index in [2.05, 4.69) is 26.0 Å². The van der Waals surface area contributed by atoms with E-state index in [9.17, 15) is 13.2 Å². The van der Waals surface area contributed by atoms with Crippen LogP contribution in [0.1, 0.15) is 28.8 Å². The molecular formula is C25H25BrN2O5S. The molecule has 1 unspecified atom stereocenters. The van der Waals surface area contributed by atoms with Gasteiger partial charge in [-0.2, -0.15) is 0 Å². The molecule has 0 spiro atoms. The Morgan fingerprint density at radius 3 is 2.50 bits per heavy atom. The second kappa shape index (κ2) is 11.1. The van der Waals surface area contributed by atoms with Crippen molar-refractivity contribution in [3.05, 3.63) is 88.4 Å². The van der Waals surface area contributed by atoms with Crippen LogP contribution in [0.15, 0.2) is 82.2 Å². The van der Waals surface area contributed by atoms with Crippen LogP contribution in [0.2, 0.25) is 0 Å². The first-order valence-corrected chi connectivity index (χ1v) is 13.2. The SMILES string of the molecule is O=C(Nc1ccc(S(=O)(=O)NCc2ccccc2)cc1)c1ccc(OCC2CCCO2)c(Br)c1. The molecule has 2 N–H and O–H groups in total. The molecule has 1 saturated heterocycles. The number of ether oxygens (including phenoxy) is 2. The number of anilines is 1. The first-order chi connectivity index (χ1) is 16.4. The van der Waals surface area contributed by atoms with Gasteiger partial charge < -0.3 is 14.8 Å². The molecule has 1 heterocycles. The van der Waals surface area contributed by atoms with E-state index >= 15 is 0 Å². The highest BCUT2D eigenvalue weighted by molar-refractivity contribution is 9.10. The minimum absolute atomic E-state index is 0.107. The van der Waals surface area contributed by atoms with Crippen molar-refractivity contribution in [2.24, 2.45) is 0 Å². The number of hydrogen-bond acceptors (Lipinski definition) is 5. The van der Waals surface area contributed by atoms with Crippen molar-refractivity contribution in [2.45, 2.75) is 30.4 Å². The zero-order valence-corrected chi connectivity index (χ0v) is 20.8. The second-order valence-electron chi connectivity index (χ2n) is 7.88. The van der Waals surface area contributed by atoms with Gasteiger partial charge in [0.2, 0.25) is 10.0 Å². The summed E-state index contributed by atoms with van der Waals surface area (Å²) in [6.07, 6.45) is 2.14. The summed E-state index contributed by atoms with van der Waals surface area (Å²) in [6, 6.07) is 20.4. The van der Waals surface area contributed by atoms with Gasteiger partial charge in [0.1, 0.15) is 12.4 Å². The van der Waals surface area contributed by atoms with E-state index in [1.807, 2.05) is 30.3 Å². The minimum Gasteiger partial charge on any atom is -0.490 e. The topological polar surface area (TPSA) is 93.7 Å². The Morgan fingerprint density at radius 1 is 1.06 bits per heavy atom. The summed E-state index contributed by atoms with van der Waals surface area (Å²) < 4.78 is 39.7. The maximum atomic E-state index is 12.7. The number of amides is 1. The first kappa shape index (κ1) is 24.4. The van der Waals surface area contributed by atoms with Crippen molar-refractivity contribution in [3.8, 4) is 5.75 Å². The standard InChI is InChI=1S/C25H25BrN2O5S/c26-23-15-19(8-13-24(23)33-17-21-7-4-14-32-21)25(29)28-20-9-11-22(12-10-20)34(30,31)27-16-18-5-2-1-3-6-18/h1-3,5-6,8-13,15,21,27H,4,7,14,16-17H2,(H,28,29). The van der Waals surface area contributed by atoms with Crippen molar-refractivity contribution >= 4 is 37.5 Å². The van der Waals surface area contributed by atoms with Crippen LogP contribution >= 0.6 is 15.9 Å². The third-order valence-corrected chi connectivity index (χ3v) is 7.41. The fraction of sp³-hybridized carbons (Fsp3) is 0.240. The highest BCUT2D eigenvalue weighted by Gasteiger charge is 2.18. The molecule has 0 saturated carbocycles. The highest BCUT2D eigenvalue weighted by Crippen LogP contribution is 2.27. The Hall–Kier alpha value is -2.72. The molecule has 4 rings (SSSR count). The third kappa shape index (κ3) is 6.44. The van der Waals surface area contributed by atoms with Crippen LogP contribution in [-0.2, 0) is 21.3 Å². The fourth-order valence-corrected chi connectivity index (χ4v) is 5.01. The van der Waals surface area contributed by atoms with E-state index in [1.165, 1.54) is 12.1 Å². The largest absolute Gasteiger partial charge is 0.490 e. The molecule has 34 heavy (non-hydrogen) atoms. The number of benzene rings is 3. The van der Waals surface area contributed by atoms with E-state index in [0.29, 0.717) is 28.1 Å². The molecule has 0 aliphatic carbocycles. The maximum absolute atomic E-state index is 12.7. The van der Waals surface area contributed by atoms with Crippen molar-refractivity contribution in [3.63, 3.8) is 0 Å². The molecule has 0 aromatic heterocycles. The molecule has 1 aliphatic rings. The molecule has 3 aromatic carbocycles. The molecule has 7 nitrogen and oxygen atoms in total. The summed E-state index contributed by atoms with van der Waals surface area (Å²) in [4.78, 5) is 12.8. The number of rotatable bonds is 9. The minimum atomic E-state index is -3.67. The molecule has 1 aliphatic heterocycles. The first-order valence-electron chi connectivity index (χ1n) is 10.9. The highest BCUT2D eigenvalue weighted by atomic mass is 79.9. The van der Waals surface area contributed by atoms with Crippen LogP contribution in [0.25, 0.3) is 0 Å². The predicted molar refractivity (Wildman–Crippen MR) is 133 cm³/mol. The smallest absolute Gasteiger partial charge is 0.255 e. The van der Waals surface area contributed by atoms with Gasteiger partial charge in [-0.25, -0.2) is 13.1 Å². The average molecular weight is 545 g/mol. The maximum Gasteiger partial charge on any atom is 0.255 e. The lowest BCUT2D eigenvalue weighted by Crippen LogP contribution is -2.23. The Bertz CT molecular complexity index is 1230. The van der Waals surface area contributed by atoms with E-state index in [1.54, 1.807) is 30.3 Å². The van der Waals surface area contributed by atoms with Crippen molar-refractivity contribution in [2.75, 3.05) is 18.5 Å². The summed E-state index contributed by atoms with van der Waals surface area (Å²) in [6.45, 7) is 1.44. The average Bonchev–Trinajstić information content (AvgIpc) is 3.37. The zero-order chi connectivity index (χ0) is 24.0. The normalized spacial score (nSPS) is 15.7. The molecule has 3 aromatic rings. The van der Waals surface area contributed by atoms with Crippen LogP contribution in [0.4, 0.5) is 5.69 Å². The lowest BCUT2D eigenvalue weighted by molar-refractivity contribution is 0.0677. The Balaban J connectivity index is 1.34. The third-order valence-electron chi connectivity index (χ3n) is 5.37. The van der Waals surface area contributed by atoms with Gasteiger partial charge in [0.15, 0.2) is 0 Å². The van der Waals surface area contributed by atoms with Crippen LogP contribution < -0.4 is 14.8 Å². The van der Waals surface area contributed by atoms with Gasteiger partial charge in [0.25, 0.3) is 5.91 Å². The van der Waals surface area contributed by atoms with Gasteiger partial charge >= 0.3 is 0 Å². The summed E-state index contributed by atoms with van der Waals surface area (Å²) in [5.41, 5.74) is 1.80. The lowest BCUT2D eigenvalue weighted by atomic mass is 10.2. The molecule has 0 radical (unpaired) electrons. The zero-order valence-electron chi connectivity index (χ0n) is 18.4. The molecule has 9 heteroatoms. The molecular weight excluding hydrogens is 520 g/mol. The van der Waals surface area contributed by atoms with Gasteiger partial charge in [-0.05, 0) is 76.8 Å². The second-order valence-corrected chi connectivity index (χ2v) is 10.5. The van der Waals surface area contributed by atoms with Gasteiger partial charge in [0.05, 0.1) is 15.5 Å². The Kier molecular flexibility index (Phi) is 7.99. The fourth-order valence-electron chi connectivity index (χ4n) is 3.50. The van der Waals surface area contributed by atoms with Gasteiger partial charge in [-0.15, -0.1) is 0 Å². The molecule has 1 amide bonds. The van der Waals surface area contributed by atoms with Crippen LogP contribution in [0.3, 0.4) is 0 Å². The Labute approximate surface area is 207 Å². The van der Waals surface area contributed by atoms with Gasteiger partial charge in [-0.1, -0.05) is 30.3 Å². The monoisotopic (exact) mass is 544 g/mol. The number of nitrogens with one attached hydrogen (secondary N) is 2. The molecule has 178 valence electrons. The number of carbonyl (C=O) groups is 1. The van der Waals surface area contributed by atoms with Crippen molar-refractivity contribution in [1.82, 2.24) is 4.72 Å². The van der Waals surface area contributed by atoms with Gasteiger partial charge in [-0.3, -0.25) is 4.79 Å². The predicted octanol–water partition coefficient (Wildman–Crippen LogP) is 4.74. The summed E-state index contributed by atoms with van der Waals surface area (Å²) in [5, 5.41) is 2.78. The van der Waals surface area contributed by atoms with E-state index in [0.717, 1.165) is 25.0 Å². The van der Waals surface area contributed by atoms with Gasteiger partial charge in [0, 0.05) is 24.4 Å². The summed E-state index contributed by atoms with van der Waals surface area (Å²) >= 11 is 3.45. The Morgan fingerprint density at radius 2 is 1.82 bits per heavy atom. The number of hydrogen-bond donors (Lipinski definition) is 2. The van der Waals surface area contributed by atoms with E-state index in [-0.39, 0.29) is 23.5 Å². The molecule has 0 bridgehead atoms. The van der Waals surface area contributed by atoms with Crippen LogP contribution in [-0.4, -0.2) is 33.6 Å². The summed E-state index contributed by atoms with van der Waals surface area (Å²) in [7, 11) is -3.67. The number of carbonyl (C=O) groups excluding carboxylic acids is 1. The van der Waals surface area contributed by atoms with Crippen molar-refractivity contribution in [1.29, 1.82) is 0 Å². The summed E-state index contributed by atoms with van der Waals surface area (Å²) in [5.74, 6) is 0.328. The van der Waals surface area contributed by atoms with E-state index < -0.39 is 10.0 Å². The quantitative estimate of drug-likeness (QED) is 0.405. The van der Waals surface area contributed by atoms with E-state index in [4.69, 9.17) is 9.47 Å². The molecule has 1 atom stereocenters. The van der Waals surface area contributed by atoms with Crippen LogP contribution in [0, 0.1) is 0 Å². The van der Waals surface area contributed by atoms with Crippen LogP contribution in [0.5, 0.6) is 5.75 Å². The number of sulfonamides is 1. The lowest BCUT2D eigenvalue weighted by Gasteiger charge is -2.13. The van der Waals surface area contributed by atoms with Crippen molar-refractivity contribution < 1.29 is 22.7 Å².